The van der Waals surface area contributed by atoms with Crippen LogP contribution >= 0.6 is 34.5 Å². The van der Waals surface area contributed by atoms with Gasteiger partial charge >= 0.3 is 0 Å². The van der Waals surface area contributed by atoms with E-state index in [9.17, 15) is 10.2 Å². The number of aromatic hydroxyl groups is 2. The van der Waals surface area contributed by atoms with Crippen molar-refractivity contribution in [2.24, 2.45) is 0 Å². The summed E-state index contributed by atoms with van der Waals surface area (Å²) in [5, 5.41) is 29.1. The molecule has 2 heterocycles. The summed E-state index contributed by atoms with van der Waals surface area (Å²) in [5.74, 6) is 0.175. The molecule has 0 radical (unpaired) electrons. The van der Waals surface area contributed by atoms with Crippen molar-refractivity contribution in [1.82, 2.24) is 10.2 Å². The molecular formula is C16H8Cl2N2O3S. The standard InChI is InChI=1S/C16H8Cl2N2O3S/c17-7-1-4-12-10(5-7)13(18)14(24-12)16-20-19-15(23-16)9-3-2-8(21)6-11(9)22/h1-6,21-22H. The first-order chi connectivity index (χ1) is 11.5. The third-order valence-electron chi connectivity index (χ3n) is 3.42. The molecule has 4 rings (SSSR count). The molecule has 5 nitrogen and oxygen atoms in total. The normalized spacial score (nSPS) is 11.2. The lowest BCUT2D eigenvalue weighted by Crippen LogP contribution is -1.79. The Hall–Kier alpha value is -2.28. The van der Waals surface area contributed by atoms with Gasteiger partial charge in [-0.05, 0) is 30.3 Å². The summed E-state index contributed by atoms with van der Waals surface area (Å²) in [6.45, 7) is 0. The Bertz CT molecular complexity index is 1070. The lowest BCUT2D eigenvalue weighted by atomic mass is 10.2. The van der Waals surface area contributed by atoms with Crippen LogP contribution in [-0.4, -0.2) is 20.4 Å². The van der Waals surface area contributed by atoms with Crippen molar-refractivity contribution >= 4 is 44.6 Å². The largest absolute Gasteiger partial charge is 0.508 e. The van der Waals surface area contributed by atoms with E-state index in [0.29, 0.717) is 20.5 Å². The summed E-state index contributed by atoms with van der Waals surface area (Å²) in [7, 11) is 0. The van der Waals surface area contributed by atoms with Crippen molar-refractivity contribution in [2.45, 2.75) is 0 Å². The van der Waals surface area contributed by atoms with E-state index >= 15 is 0 Å². The minimum absolute atomic E-state index is 0.0552. The van der Waals surface area contributed by atoms with Crippen molar-refractivity contribution in [1.29, 1.82) is 0 Å². The molecule has 0 aliphatic heterocycles. The van der Waals surface area contributed by atoms with E-state index in [-0.39, 0.29) is 23.3 Å². The molecule has 2 aromatic heterocycles. The minimum Gasteiger partial charge on any atom is -0.508 e. The maximum Gasteiger partial charge on any atom is 0.259 e. The Labute approximate surface area is 149 Å². The summed E-state index contributed by atoms with van der Waals surface area (Å²) >= 11 is 13.8. The monoisotopic (exact) mass is 378 g/mol. The molecule has 0 aliphatic carbocycles. The molecule has 2 N–H and O–H groups in total. The zero-order valence-corrected chi connectivity index (χ0v) is 14.2. The Morgan fingerprint density at radius 2 is 1.75 bits per heavy atom. The van der Waals surface area contributed by atoms with Gasteiger partial charge in [-0.15, -0.1) is 21.5 Å². The highest BCUT2D eigenvalue weighted by molar-refractivity contribution is 7.23. The van der Waals surface area contributed by atoms with Crippen LogP contribution in [0.15, 0.2) is 40.8 Å². The number of fused-ring (bicyclic) bond motifs is 1. The predicted octanol–water partition coefficient (Wildman–Crippen LogP) is 5.34. The summed E-state index contributed by atoms with van der Waals surface area (Å²) in [5.41, 5.74) is 0.326. The number of rotatable bonds is 2. The average molecular weight is 379 g/mol. The molecule has 8 heteroatoms. The van der Waals surface area contributed by atoms with Crippen molar-refractivity contribution < 1.29 is 14.6 Å². The predicted molar refractivity (Wildman–Crippen MR) is 93.9 cm³/mol. The van der Waals surface area contributed by atoms with Gasteiger partial charge in [-0.25, -0.2) is 0 Å². The smallest absolute Gasteiger partial charge is 0.259 e. The van der Waals surface area contributed by atoms with Crippen molar-refractivity contribution in [2.75, 3.05) is 0 Å². The number of aromatic nitrogens is 2. The maximum absolute atomic E-state index is 9.90. The van der Waals surface area contributed by atoms with Crippen LogP contribution in [0.2, 0.25) is 10.0 Å². The number of thiophene rings is 1. The number of phenols is 2. The Morgan fingerprint density at radius 1 is 0.958 bits per heavy atom. The van der Waals surface area contributed by atoms with E-state index in [2.05, 4.69) is 10.2 Å². The maximum atomic E-state index is 9.90. The topological polar surface area (TPSA) is 79.4 Å². The fourth-order valence-corrected chi connectivity index (χ4v) is 3.88. The molecule has 0 fully saturated rings. The van der Waals surface area contributed by atoms with E-state index in [0.717, 1.165) is 10.1 Å². The molecule has 0 bridgehead atoms. The molecule has 0 amide bonds. The molecule has 0 unspecified atom stereocenters. The quantitative estimate of drug-likeness (QED) is 0.492. The van der Waals surface area contributed by atoms with Gasteiger partial charge in [0.2, 0.25) is 0 Å². The Morgan fingerprint density at radius 3 is 2.54 bits per heavy atom. The fraction of sp³-hybridized carbons (Fsp3) is 0. The van der Waals surface area contributed by atoms with Crippen molar-refractivity contribution in [3.8, 4) is 33.7 Å². The van der Waals surface area contributed by atoms with Gasteiger partial charge < -0.3 is 14.6 Å². The van der Waals surface area contributed by atoms with E-state index in [4.69, 9.17) is 27.6 Å². The summed E-state index contributed by atoms with van der Waals surface area (Å²) < 4.78 is 6.60. The van der Waals surface area contributed by atoms with Crippen LogP contribution in [0.25, 0.3) is 32.3 Å². The zero-order chi connectivity index (χ0) is 16.8. The molecule has 0 atom stereocenters. The van der Waals surface area contributed by atoms with Gasteiger partial charge in [0.05, 0.1) is 10.6 Å². The van der Waals surface area contributed by atoms with Crippen LogP contribution in [0.5, 0.6) is 11.5 Å². The number of phenolic OH excluding ortho intramolecular Hbond substituents is 2. The first-order valence-corrected chi connectivity index (χ1v) is 8.34. The van der Waals surface area contributed by atoms with Crippen LogP contribution in [0.3, 0.4) is 0 Å². The highest BCUT2D eigenvalue weighted by Crippen LogP contribution is 2.43. The SMILES string of the molecule is Oc1ccc(-c2nnc(-c3sc4ccc(Cl)cc4c3Cl)o2)c(O)c1. The number of nitrogens with zero attached hydrogens (tertiary/aromatic N) is 2. The second kappa shape index (κ2) is 5.66. The van der Waals surface area contributed by atoms with E-state index in [1.54, 1.807) is 12.1 Å². The van der Waals surface area contributed by atoms with Crippen molar-refractivity contribution in [3.63, 3.8) is 0 Å². The highest BCUT2D eigenvalue weighted by Gasteiger charge is 2.20. The first kappa shape index (κ1) is 15.3. The summed E-state index contributed by atoms with van der Waals surface area (Å²) in [6, 6.07) is 9.56. The molecule has 120 valence electrons. The fourth-order valence-electron chi connectivity index (χ4n) is 2.30. The van der Waals surface area contributed by atoms with Gasteiger partial charge in [0.25, 0.3) is 11.8 Å². The first-order valence-electron chi connectivity index (χ1n) is 6.76. The second-order valence-electron chi connectivity index (χ2n) is 5.00. The summed E-state index contributed by atoms with van der Waals surface area (Å²) in [4.78, 5) is 0.631. The lowest BCUT2D eigenvalue weighted by molar-refractivity contribution is 0.450. The van der Waals surface area contributed by atoms with Crippen LogP contribution in [0.4, 0.5) is 0 Å². The van der Waals surface area contributed by atoms with Gasteiger partial charge in [-0.3, -0.25) is 0 Å². The summed E-state index contributed by atoms with van der Waals surface area (Å²) in [6.07, 6.45) is 0. The number of halogens is 2. The highest BCUT2D eigenvalue weighted by atomic mass is 35.5. The van der Waals surface area contributed by atoms with Crippen LogP contribution in [0, 0.1) is 0 Å². The molecule has 4 aromatic rings. The van der Waals surface area contributed by atoms with Crippen LogP contribution in [-0.2, 0) is 0 Å². The Balaban J connectivity index is 1.82. The van der Waals surface area contributed by atoms with Gasteiger partial charge in [0.15, 0.2) is 0 Å². The lowest BCUT2D eigenvalue weighted by Gasteiger charge is -1.99. The van der Waals surface area contributed by atoms with Gasteiger partial charge in [0.1, 0.15) is 16.4 Å². The Kier molecular flexibility index (Phi) is 3.60. The molecule has 0 spiro atoms. The molecule has 0 saturated heterocycles. The van der Waals surface area contributed by atoms with Crippen molar-refractivity contribution in [3.05, 3.63) is 46.4 Å². The third kappa shape index (κ3) is 2.49. The van der Waals surface area contributed by atoms with E-state index < -0.39 is 0 Å². The van der Waals surface area contributed by atoms with E-state index in [1.807, 2.05) is 6.07 Å². The molecule has 0 saturated carbocycles. The number of hydrogen-bond donors (Lipinski definition) is 2. The second-order valence-corrected chi connectivity index (χ2v) is 6.87. The van der Waals surface area contributed by atoms with Crippen LogP contribution < -0.4 is 0 Å². The number of hydrogen-bond acceptors (Lipinski definition) is 6. The van der Waals surface area contributed by atoms with Gasteiger partial charge in [-0.2, -0.15) is 0 Å². The molecular weight excluding hydrogens is 371 g/mol. The zero-order valence-electron chi connectivity index (χ0n) is 11.8. The van der Waals surface area contributed by atoms with Gasteiger partial charge in [0, 0.05) is 21.2 Å². The number of benzene rings is 2. The molecule has 24 heavy (non-hydrogen) atoms. The minimum atomic E-state index is -0.153. The van der Waals surface area contributed by atoms with Gasteiger partial charge in [-0.1, -0.05) is 23.2 Å². The van der Waals surface area contributed by atoms with Crippen LogP contribution in [0.1, 0.15) is 0 Å². The van der Waals surface area contributed by atoms with E-state index in [1.165, 1.54) is 29.5 Å². The molecule has 0 aliphatic rings. The third-order valence-corrected chi connectivity index (χ3v) is 5.32. The average Bonchev–Trinajstić information content (AvgIpc) is 3.13. The molecule has 2 aromatic carbocycles.